The number of hydrogen-bond acceptors (Lipinski definition) is 21. The molecular formula is C61H62BBr4Cl3N11O13S4. The minimum Gasteiger partial charge on any atom is -0.326 e. The number of nitriles is 2. The molecule has 2 aliphatic rings. The third-order valence-electron chi connectivity index (χ3n) is 11.1. The van der Waals surface area contributed by atoms with Gasteiger partial charge in [-0.05, 0) is 107 Å². The quantitative estimate of drug-likeness (QED) is 0.00519. The number of nitrogens with two attached hydrogens (primary N) is 4. The van der Waals surface area contributed by atoms with Gasteiger partial charge in [-0.2, -0.15) is 18.9 Å². The minimum atomic E-state index is -4.51. The van der Waals surface area contributed by atoms with E-state index in [-0.39, 0.29) is 76.8 Å². The largest absolute Gasteiger partial charge is 0.326 e. The summed E-state index contributed by atoms with van der Waals surface area (Å²) in [6.07, 6.45) is 0. The van der Waals surface area contributed by atoms with Gasteiger partial charge in [0, 0.05) is 69.4 Å². The Bertz CT molecular complexity index is 3980. The van der Waals surface area contributed by atoms with Gasteiger partial charge in [0.2, 0.25) is 0 Å². The normalized spacial score (nSPS) is 10.2. The number of hydrogen-bond donors (Lipinski definition) is 10. The number of ether oxygens (including phenoxy) is 2. The number of cyclic esters (lactones) is 2. The van der Waals surface area contributed by atoms with Crippen LogP contribution in [-0.4, -0.2) is 71.8 Å². The number of thiol groups is 1. The topological polar surface area (TPSA) is 413 Å². The van der Waals surface area contributed by atoms with Gasteiger partial charge >= 0.3 is 53.1 Å². The number of esters is 2. The van der Waals surface area contributed by atoms with E-state index in [1.165, 1.54) is 11.8 Å². The fraction of sp³-hybridized carbons (Fsp3) is 0.148. The number of nitrogens with one attached hydrogen (secondary N) is 3. The van der Waals surface area contributed by atoms with E-state index in [1.807, 2.05) is 72.8 Å². The first-order chi connectivity index (χ1) is 45.2. The number of thioether (sulfide) groups is 1. The predicted octanol–water partition coefficient (Wildman–Crippen LogP) is 12.6. The number of carbonyl (C=O) groups excluding carboxylic acids is 5. The summed E-state index contributed by atoms with van der Waals surface area (Å²) in [6, 6.07) is 49.1. The van der Waals surface area contributed by atoms with Crippen molar-refractivity contribution in [1.29, 1.82) is 15.9 Å². The molecular weight excluding hydrogens is 1660 g/mol. The molecule has 7 aromatic rings. The maximum absolute atomic E-state index is 12.5. The zero-order chi connectivity index (χ0) is 71.5. The zero-order valence-corrected chi connectivity index (χ0v) is 62.7. The third-order valence-corrected chi connectivity index (χ3v) is 14.0. The summed E-state index contributed by atoms with van der Waals surface area (Å²) in [5, 5.41) is 47.5. The number of nitrogens with zero attached hydrogens (tertiary/aromatic N) is 4. The van der Waals surface area contributed by atoms with E-state index in [0.717, 1.165) is 53.7 Å². The molecule has 2 heterocycles. The number of fused-ring (bicyclic) bond motifs is 2. The molecule has 0 fully saturated rings. The smallest absolute Gasteiger partial charge is 0.187 e. The van der Waals surface area contributed by atoms with Gasteiger partial charge in [-0.1, -0.05) is 149 Å². The minimum absolute atomic E-state index is 0. The number of thiocarbonyl (C=S) groups is 1. The summed E-state index contributed by atoms with van der Waals surface area (Å²) in [4.78, 5) is 59.6. The van der Waals surface area contributed by atoms with Crippen LogP contribution in [0.1, 0.15) is 99.9 Å². The first kappa shape index (κ1) is 91.7. The summed E-state index contributed by atoms with van der Waals surface area (Å²) in [5.74, 6) is -1.48. The Hall–Kier alpha value is -7.34. The van der Waals surface area contributed by atoms with E-state index >= 15 is 0 Å². The fourth-order valence-electron chi connectivity index (χ4n) is 6.91. The summed E-state index contributed by atoms with van der Waals surface area (Å²) >= 11 is 28.0. The van der Waals surface area contributed by atoms with Crippen LogP contribution in [0.3, 0.4) is 0 Å². The van der Waals surface area contributed by atoms with Gasteiger partial charge in [-0.15, -0.1) is 52.6 Å². The van der Waals surface area contributed by atoms with E-state index in [0.29, 0.717) is 83.2 Å². The van der Waals surface area contributed by atoms with Gasteiger partial charge in [0.15, 0.2) is 16.0 Å². The second kappa shape index (κ2) is 51.8. The number of benzene rings is 7. The van der Waals surface area contributed by atoms with Crippen LogP contribution in [0.2, 0.25) is 0 Å². The van der Waals surface area contributed by atoms with Crippen molar-refractivity contribution in [3.8, 4) is 12.1 Å². The van der Waals surface area contributed by atoms with Crippen LogP contribution < -0.4 is 33.6 Å². The first-order valence-electron chi connectivity index (χ1n) is 26.2. The second-order valence-electron chi connectivity index (χ2n) is 17.7. The average molecular weight is 1720 g/mol. The second-order valence-corrected chi connectivity index (χ2v) is 24.1. The standard InChI is InChI=1S/C17H15BrN4OS.C16H13BrN2O2.C8H5BrO2.C8H8N2.C8H6O2.C2H4O6S.CH2Cl2.CH4N2S.BHNS.BrH.ClH.H2/c18-14-6-5-13(10-24-17(20)21)15(7-14)16(23)22-9-12-3-1-11(8-19)2-4-12;17-14-6-5-13(10-20)15(7-14)16(21)19-9-12-3-1-11(8-18)2-4-12;9-6-2-1-5-4-11-8(10)7(5)3-6;1-10-8-4-2-7(6-9)3-5-8;9-8-7-4-2-1-3-6(7)5-10-8;1-2(3)7-9(5,6)8-4;2-1-3;2-1(3)4;1-2-3;;;/h1-7H,9-10H2,(H3,20,21)(H,22,23);1-7,20H,9-10H2,(H,19,21);1-3H,4H2;2-5H,6,9H2;1-4H,5H2;4H,1H3;1H2;(H4,2,3,4);3H;3*1H. The maximum atomic E-state index is 12.5. The van der Waals surface area contributed by atoms with E-state index in [2.05, 4.69) is 126 Å². The van der Waals surface area contributed by atoms with Gasteiger partial charge in [-0.3, -0.25) is 19.8 Å². The molecule has 0 aromatic heterocycles. The van der Waals surface area contributed by atoms with Crippen LogP contribution in [0.4, 0.5) is 5.69 Å². The van der Waals surface area contributed by atoms with Crippen molar-refractivity contribution < 1.29 is 62.2 Å². The number of alkyl halides is 2. The number of halogens is 7. The monoisotopic (exact) mass is 1720 g/mol. The van der Waals surface area contributed by atoms with Crippen LogP contribution in [-0.2, 0) is 78.4 Å². The zero-order valence-electron chi connectivity index (χ0n) is 50.5. The van der Waals surface area contributed by atoms with Crippen LogP contribution in [0, 0.1) is 34.6 Å². The Morgan fingerprint density at radius 2 is 1.18 bits per heavy atom. The summed E-state index contributed by atoms with van der Waals surface area (Å²) in [6.45, 7) is 9.47. The van der Waals surface area contributed by atoms with Gasteiger partial charge in [0.05, 0.1) is 52.9 Å². The molecule has 97 heavy (non-hydrogen) atoms. The molecule has 7 aromatic carbocycles. The van der Waals surface area contributed by atoms with E-state index in [4.69, 9.17) is 71.9 Å². The van der Waals surface area contributed by atoms with Gasteiger partial charge < -0.3 is 52.3 Å². The number of carbonyl (C=O) groups is 5. The number of amidine groups is 1. The summed E-state index contributed by atoms with van der Waals surface area (Å²) in [5.41, 5.74) is 30.4. The Balaban J connectivity index is -0.00000111. The third kappa shape index (κ3) is 38.4. The molecule has 0 atom stereocenters. The molecule has 515 valence electrons. The molecule has 0 unspecified atom stereocenters. The Kier molecular flexibility index (Phi) is 49.0. The average Bonchev–Trinajstić information content (AvgIpc) is 1.73. The molecule has 0 bridgehead atoms. The SMILES string of the molecule is Br.CC(=O)OS(=O)(=O)OO.Cl.ClCCl.N#Cc1ccc(CNC(=O)c2cc(Br)ccc2CO)cc1.N#Cc1ccc(CNC(=O)c2cc(Br)ccc2CSC(=N)N)cc1.NC(N)=S.O=C1OCc2ccc(Br)cc21.O=C1OCc2ccccc21.[B]=NS.[C-]#[N+]c1ccc(CN)cc1.[HH]. The van der Waals surface area contributed by atoms with Crippen molar-refractivity contribution in [2.75, 3.05) is 5.34 Å². The Morgan fingerprint density at radius 3 is 1.57 bits per heavy atom. The van der Waals surface area contributed by atoms with Gasteiger partial charge in [0.1, 0.15) is 13.2 Å². The number of rotatable bonds is 12. The van der Waals surface area contributed by atoms with Crippen LogP contribution in [0.5, 0.6) is 0 Å². The number of aliphatic hydroxyl groups is 1. The molecule has 13 N–H and O–H groups in total. The summed E-state index contributed by atoms with van der Waals surface area (Å²) < 4.78 is 40.8. The van der Waals surface area contributed by atoms with Crippen molar-refractivity contribution in [1.82, 2.24) is 10.6 Å². The van der Waals surface area contributed by atoms with Crippen molar-refractivity contribution in [3.63, 3.8) is 0 Å². The number of aliphatic hydroxyl groups excluding tert-OH is 1. The van der Waals surface area contributed by atoms with E-state index in [9.17, 15) is 37.5 Å². The van der Waals surface area contributed by atoms with Crippen LogP contribution in [0.25, 0.3) is 4.85 Å². The van der Waals surface area contributed by atoms with Crippen molar-refractivity contribution in [3.05, 3.63) is 249 Å². The van der Waals surface area contributed by atoms with Crippen molar-refractivity contribution >= 4 is 201 Å². The molecule has 2 amide bonds. The Labute approximate surface area is 629 Å². The molecule has 1 radical (unpaired) electrons. The van der Waals surface area contributed by atoms with Crippen molar-refractivity contribution in [2.24, 2.45) is 27.2 Å². The van der Waals surface area contributed by atoms with Gasteiger partial charge in [-0.25, -0.2) is 19.7 Å². The molecule has 0 saturated heterocycles. The van der Waals surface area contributed by atoms with Crippen LogP contribution >= 0.6 is 137 Å². The molecule has 2 aliphatic heterocycles. The molecule has 36 heteroatoms. The van der Waals surface area contributed by atoms with E-state index < -0.39 is 16.4 Å². The van der Waals surface area contributed by atoms with Crippen molar-refractivity contribution in [2.45, 2.75) is 52.1 Å². The molecule has 0 saturated carbocycles. The van der Waals surface area contributed by atoms with Gasteiger partial charge in [0.25, 0.3) is 11.8 Å². The predicted molar refractivity (Wildman–Crippen MR) is 400 cm³/mol. The summed E-state index contributed by atoms with van der Waals surface area (Å²) in [7, 11) is -0.176. The fourth-order valence-corrected chi connectivity index (χ4v) is 8.87. The molecule has 0 spiro atoms. The van der Waals surface area contributed by atoms with E-state index in [1.54, 1.807) is 84.9 Å². The molecule has 9 rings (SSSR count). The molecule has 24 nitrogen and oxygen atoms in total. The maximum Gasteiger partial charge on any atom is 0.187 e. The number of amides is 2. The van der Waals surface area contributed by atoms with Crippen LogP contribution in [0.15, 0.2) is 169 Å². The Morgan fingerprint density at radius 1 is 0.773 bits per heavy atom. The molecule has 0 aliphatic carbocycles. The first-order valence-corrected chi connectivity index (χ1v) is 32.8.